The Balaban J connectivity index is 4.03. The van der Waals surface area contributed by atoms with Crippen molar-refractivity contribution in [2.24, 2.45) is 0 Å². The SMILES string of the molecule is CCCCCC(C#N)OC(C)(OC)OC. The highest BCUT2D eigenvalue weighted by Crippen LogP contribution is 2.17. The van der Waals surface area contributed by atoms with E-state index in [2.05, 4.69) is 13.0 Å². The van der Waals surface area contributed by atoms with Crippen LogP contribution in [0.15, 0.2) is 0 Å². The van der Waals surface area contributed by atoms with Crippen molar-refractivity contribution < 1.29 is 14.2 Å². The summed E-state index contributed by atoms with van der Waals surface area (Å²) < 4.78 is 15.5. The van der Waals surface area contributed by atoms with Crippen LogP contribution in [0.25, 0.3) is 0 Å². The summed E-state index contributed by atoms with van der Waals surface area (Å²) in [6.45, 7) is 3.77. The highest BCUT2D eigenvalue weighted by molar-refractivity contribution is 4.84. The van der Waals surface area contributed by atoms with Crippen LogP contribution in [0.5, 0.6) is 0 Å². The molecule has 0 aliphatic rings. The van der Waals surface area contributed by atoms with Crippen LogP contribution >= 0.6 is 0 Å². The van der Waals surface area contributed by atoms with Gasteiger partial charge in [-0.2, -0.15) is 5.26 Å². The maximum absolute atomic E-state index is 8.89. The zero-order valence-corrected chi connectivity index (χ0v) is 10.1. The number of ether oxygens (including phenoxy) is 3. The van der Waals surface area contributed by atoms with E-state index in [0.29, 0.717) is 6.42 Å². The first-order chi connectivity index (χ1) is 7.11. The van der Waals surface area contributed by atoms with Gasteiger partial charge in [0.05, 0.1) is 6.07 Å². The van der Waals surface area contributed by atoms with E-state index in [1.807, 2.05) is 0 Å². The summed E-state index contributed by atoms with van der Waals surface area (Å²) in [7, 11) is 2.98. The zero-order chi connectivity index (χ0) is 11.7. The van der Waals surface area contributed by atoms with Gasteiger partial charge in [0.2, 0.25) is 0 Å². The van der Waals surface area contributed by atoms with Gasteiger partial charge in [0.15, 0.2) is 0 Å². The number of hydrogen-bond acceptors (Lipinski definition) is 4. The van der Waals surface area contributed by atoms with Gasteiger partial charge in [-0.25, -0.2) is 0 Å². The summed E-state index contributed by atoms with van der Waals surface area (Å²) >= 11 is 0. The third-order valence-corrected chi connectivity index (χ3v) is 2.31. The summed E-state index contributed by atoms with van der Waals surface area (Å²) in [5, 5.41) is 8.89. The van der Waals surface area contributed by atoms with Crippen LogP contribution < -0.4 is 0 Å². The van der Waals surface area contributed by atoms with Gasteiger partial charge in [-0.15, -0.1) is 0 Å². The van der Waals surface area contributed by atoms with Crippen molar-refractivity contribution in [3.8, 4) is 6.07 Å². The lowest BCUT2D eigenvalue weighted by Gasteiger charge is -2.28. The smallest absolute Gasteiger partial charge is 0.280 e. The number of nitrogens with zero attached hydrogens (tertiary/aromatic N) is 1. The van der Waals surface area contributed by atoms with Gasteiger partial charge in [0, 0.05) is 21.1 Å². The Morgan fingerprint density at radius 3 is 2.27 bits per heavy atom. The fourth-order valence-corrected chi connectivity index (χ4v) is 1.17. The third-order valence-electron chi connectivity index (χ3n) is 2.31. The van der Waals surface area contributed by atoms with Crippen molar-refractivity contribution in [2.75, 3.05) is 14.2 Å². The molecule has 4 nitrogen and oxygen atoms in total. The maximum Gasteiger partial charge on any atom is 0.280 e. The van der Waals surface area contributed by atoms with Crippen molar-refractivity contribution in [1.82, 2.24) is 0 Å². The van der Waals surface area contributed by atoms with Gasteiger partial charge >= 0.3 is 0 Å². The molecule has 0 aliphatic carbocycles. The molecular formula is C11H21NO3. The maximum atomic E-state index is 8.89. The van der Waals surface area contributed by atoms with E-state index in [4.69, 9.17) is 19.5 Å². The number of nitriles is 1. The van der Waals surface area contributed by atoms with Crippen LogP contribution in [0.3, 0.4) is 0 Å². The van der Waals surface area contributed by atoms with Crippen LogP contribution in [-0.4, -0.2) is 26.3 Å². The molecule has 0 aromatic carbocycles. The van der Waals surface area contributed by atoms with Crippen LogP contribution in [0.1, 0.15) is 39.5 Å². The summed E-state index contributed by atoms with van der Waals surface area (Å²) in [6.07, 6.45) is 3.47. The van der Waals surface area contributed by atoms with Gasteiger partial charge in [0.1, 0.15) is 6.10 Å². The lowest BCUT2D eigenvalue weighted by Crippen LogP contribution is -2.37. The Kier molecular flexibility index (Phi) is 7.31. The van der Waals surface area contributed by atoms with Crippen LogP contribution in [0.4, 0.5) is 0 Å². The lowest BCUT2D eigenvalue weighted by molar-refractivity contribution is -0.360. The molecule has 0 heterocycles. The number of rotatable bonds is 8. The normalized spacial score (nSPS) is 13.5. The predicted molar refractivity (Wildman–Crippen MR) is 57.1 cm³/mol. The van der Waals surface area contributed by atoms with Crippen LogP contribution in [0, 0.1) is 11.3 Å². The Labute approximate surface area is 92.1 Å². The minimum atomic E-state index is -1.12. The van der Waals surface area contributed by atoms with Crippen molar-refractivity contribution in [3.05, 3.63) is 0 Å². The Bertz CT molecular complexity index is 196. The molecule has 4 heteroatoms. The van der Waals surface area contributed by atoms with Crippen molar-refractivity contribution in [3.63, 3.8) is 0 Å². The average molecular weight is 215 g/mol. The van der Waals surface area contributed by atoms with E-state index in [-0.39, 0.29) is 0 Å². The Morgan fingerprint density at radius 1 is 1.27 bits per heavy atom. The molecule has 0 N–H and O–H groups in total. The monoisotopic (exact) mass is 215 g/mol. The molecule has 0 aliphatic heterocycles. The van der Waals surface area contributed by atoms with E-state index < -0.39 is 12.1 Å². The molecule has 88 valence electrons. The molecule has 1 unspecified atom stereocenters. The molecule has 0 radical (unpaired) electrons. The second-order valence-electron chi connectivity index (χ2n) is 3.50. The average Bonchev–Trinajstić information content (AvgIpc) is 2.27. The van der Waals surface area contributed by atoms with Gasteiger partial charge in [-0.1, -0.05) is 19.8 Å². The first-order valence-electron chi connectivity index (χ1n) is 5.29. The van der Waals surface area contributed by atoms with Crippen molar-refractivity contribution >= 4 is 0 Å². The molecule has 0 amide bonds. The second kappa shape index (κ2) is 7.63. The van der Waals surface area contributed by atoms with E-state index >= 15 is 0 Å². The molecule has 1 atom stereocenters. The molecule has 0 bridgehead atoms. The molecule has 0 rings (SSSR count). The van der Waals surface area contributed by atoms with E-state index in [9.17, 15) is 0 Å². The van der Waals surface area contributed by atoms with Gasteiger partial charge in [0.25, 0.3) is 5.97 Å². The molecule has 0 saturated carbocycles. The van der Waals surface area contributed by atoms with E-state index in [1.54, 1.807) is 6.92 Å². The first-order valence-corrected chi connectivity index (χ1v) is 5.29. The molecule has 0 spiro atoms. The third kappa shape index (κ3) is 5.73. The minimum Gasteiger partial charge on any atom is -0.331 e. The van der Waals surface area contributed by atoms with Crippen LogP contribution in [-0.2, 0) is 14.2 Å². The van der Waals surface area contributed by atoms with Crippen LogP contribution in [0.2, 0.25) is 0 Å². The molecule has 0 fully saturated rings. The fraction of sp³-hybridized carbons (Fsp3) is 0.909. The number of unbranched alkanes of at least 4 members (excludes halogenated alkanes) is 2. The predicted octanol–water partition coefficient (Wildman–Crippen LogP) is 2.44. The largest absolute Gasteiger partial charge is 0.331 e. The molecule has 0 aromatic heterocycles. The zero-order valence-electron chi connectivity index (χ0n) is 10.1. The summed E-state index contributed by atoms with van der Waals surface area (Å²) in [5.74, 6) is -1.12. The lowest BCUT2D eigenvalue weighted by atomic mass is 10.1. The first kappa shape index (κ1) is 14.4. The number of methoxy groups -OCH3 is 2. The van der Waals surface area contributed by atoms with Crippen molar-refractivity contribution in [1.29, 1.82) is 5.26 Å². The van der Waals surface area contributed by atoms with E-state index in [0.717, 1.165) is 19.3 Å². The van der Waals surface area contributed by atoms with E-state index in [1.165, 1.54) is 14.2 Å². The quantitative estimate of drug-likeness (QED) is 0.461. The van der Waals surface area contributed by atoms with Gasteiger partial charge in [-0.3, -0.25) is 0 Å². The van der Waals surface area contributed by atoms with Crippen molar-refractivity contribution in [2.45, 2.75) is 51.6 Å². The van der Waals surface area contributed by atoms with Gasteiger partial charge < -0.3 is 14.2 Å². The van der Waals surface area contributed by atoms with Gasteiger partial charge in [-0.05, 0) is 12.8 Å². The summed E-state index contributed by atoms with van der Waals surface area (Å²) in [6, 6.07) is 2.10. The Hall–Kier alpha value is -0.630. The molecular weight excluding hydrogens is 194 g/mol. The molecule has 0 aromatic rings. The second-order valence-corrected chi connectivity index (χ2v) is 3.50. The number of hydrogen-bond donors (Lipinski definition) is 0. The minimum absolute atomic E-state index is 0.471. The summed E-state index contributed by atoms with van der Waals surface area (Å²) in [5.41, 5.74) is 0. The topological polar surface area (TPSA) is 51.5 Å². The molecule has 0 saturated heterocycles. The summed E-state index contributed by atoms with van der Waals surface area (Å²) in [4.78, 5) is 0. The molecule has 15 heavy (non-hydrogen) atoms. The highest BCUT2D eigenvalue weighted by atomic mass is 16.9. The highest BCUT2D eigenvalue weighted by Gasteiger charge is 2.28. The fourth-order valence-electron chi connectivity index (χ4n) is 1.17. The standard InChI is InChI=1S/C11H21NO3/c1-5-6-7-8-10(9-12)15-11(2,13-3)14-4/h10H,5-8H2,1-4H3. The Morgan fingerprint density at radius 2 is 1.87 bits per heavy atom.